The van der Waals surface area contributed by atoms with Crippen molar-refractivity contribution < 1.29 is 19.1 Å². The van der Waals surface area contributed by atoms with E-state index >= 15 is 0 Å². The molecule has 174 valence electrons. The number of imidazole rings is 1. The van der Waals surface area contributed by atoms with E-state index in [9.17, 15) is 9.59 Å². The van der Waals surface area contributed by atoms with Crippen molar-refractivity contribution in [1.82, 2.24) is 9.97 Å². The number of aryl methyl sites for hydroxylation is 1. The average molecular weight is 478 g/mol. The number of carbonyl (C=O) groups is 2. The molecule has 0 aliphatic carbocycles. The molecular weight excluding hydrogens is 454 g/mol. The molecule has 1 amide bonds. The average Bonchev–Trinajstić information content (AvgIpc) is 3.24. The summed E-state index contributed by atoms with van der Waals surface area (Å²) >= 11 is 6.31. The lowest BCUT2D eigenvalue weighted by Gasteiger charge is -2.10. The van der Waals surface area contributed by atoms with Crippen molar-refractivity contribution in [3.8, 4) is 11.5 Å². The summed E-state index contributed by atoms with van der Waals surface area (Å²) in [6, 6.07) is 20.0. The molecule has 0 saturated heterocycles. The molecule has 3 aromatic carbocycles. The summed E-state index contributed by atoms with van der Waals surface area (Å²) in [5.41, 5.74) is 3.26. The monoisotopic (exact) mass is 477 g/mol. The maximum Gasteiger partial charge on any atom is 0.310 e. The number of anilines is 1. The first-order chi connectivity index (χ1) is 16.5. The fourth-order valence-corrected chi connectivity index (χ4v) is 3.67. The number of aromatic amines is 1. The van der Waals surface area contributed by atoms with Crippen LogP contribution in [0.3, 0.4) is 0 Å². The van der Waals surface area contributed by atoms with Gasteiger partial charge in [-0.15, -0.1) is 0 Å². The minimum Gasteiger partial charge on any atom is -0.466 e. The minimum absolute atomic E-state index is 0.102. The molecule has 0 unspecified atom stereocenters. The number of ether oxygens (including phenoxy) is 2. The number of nitrogens with one attached hydrogen (secondary N) is 2. The topological polar surface area (TPSA) is 93.3 Å². The zero-order valence-electron chi connectivity index (χ0n) is 18.6. The molecule has 0 aliphatic rings. The molecule has 0 saturated carbocycles. The van der Waals surface area contributed by atoms with Gasteiger partial charge in [-0.3, -0.25) is 9.59 Å². The number of para-hydroxylation sites is 2. The second-order valence-corrected chi connectivity index (χ2v) is 8.03. The van der Waals surface area contributed by atoms with Gasteiger partial charge in [0.25, 0.3) is 0 Å². The predicted octanol–water partition coefficient (Wildman–Crippen LogP) is 5.69. The van der Waals surface area contributed by atoms with Crippen LogP contribution in [0.1, 0.15) is 24.7 Å². The maximum absolute atomic E-state index is 12.3. The van der Waals surface area contributed by atoms with E-state index < -0.39 is 0 Å². The molecule has 4 rings (SSSR count). The highest BCUT2D eigenvalue weighted by Crippen LogP contribution is 2.31. The summed E-state index contributed by atoms with van der Waals surface area (Å²) in [5, 5.41) is 3.27. The number of fused-ring (bicyclic) bond motifs is 1. The van der Waals surface area contributed by atoms with Crippen LogP contribution in [0.25, 0.3) is 11.0 Å². The van der Waals surface area contributed by atoms with Crippen molar-refractivity contribution >= 4 is 40.2 Å². The second-order valence-electron chi connectivity index (χ2n) is 7.62. The largest absolute Gasteiger partial charge is 0.466 e. The van der Waals surface area contributed by atoms with Gasteiger partial charge < -0.3 is 19.8 Å². The third-order valence-electron chi connectivity index (χ3n) is 5.04. The van der Waals surface area contributed by atoms with Gasteiger partial charge >= 0.3 is 5.97 Å². The van der Waals surface area contributed by atoms with Gasteiger partial charge in [0.15, 0.2) is 0 Å². The number of rotatable bonds is 9. The van der Waals surface area contributed by atoms with Crippen LogP contribution in [-0.4, -0.2) is 28.5 Å². The van der Waals surface area contributed by atoms with Gasteiger partial charge in [-0.1, -0.05) is 29.8 Å². The second kappa shape index (κ2) is 10.9. The number of nitrogens with zero attached hydrogens (tertiary/aromatic N) is 1. The fraction of sp³-hybridized carbons (Fsp3) is 0.192. The molecule has 0 spiro atoms. The summed E-state index contributed by atoms with van der Waals surface area (Å²) in [6.07, 6.45) is 0.983. The Balaban J connectivity index is 1.29. The first-order valence-electron chi connectivity index (χ1n) is 11.0. The van der Waals surface area contributed by atoms with Crippen LogP contribution in [0.4, 0.5) is 5.69 Å². The molecule has 0 aliphatic heterocycles. The Morgan fingerprint density at radius 1 is 1.06 bits per heavy atom. The highest BCUT2D eigenvalue weighted by Gasteiger charge is 2.10. The van der Waals surface area contributed by atoms with E-state index in [0.29, 0.717) is 41.7 Å². The summed E-state index contributed by atoms with van der Waals surface area (Å²) in [4.78, 5) is 31.7. The van der Waals surface area contributed by atoms with E-state index in [-0.39, 0.29) is 18.3 Å². The highest BCUT2D eigenvalue weighted by atomic mass is 35.5. The van der Waals surface area contributed by atoms with E-state index in [1.54, 1.807) is 49.4 Å². The lowest BCUT2D eigenvalue weighted by atomic mass is 10.1. The third kappa shape index (κ3) is 6.14. The zero-order valence-corrected chi connectivity index (χ0v) is 19.4. The maximum atomic E-state index is 12.3. The van der Waals surface area contributed by atoms with Crippen molar-refractivity contribution in [1.29, 1.82) is 0 Å². The molecule has 0 radical (unpaired) electrons. The van der Waals surface area contributed by atoms with E-state index in [4.69, 9.17) is 21.1 Å². The van der Waals surface area contributed by atoms with Gasteiger partial charge in [-0.2, -0.15) is 0 Å². The molecule has 2 N–H and O–H groups in total. The molecule has 1 heterocycles. The Labute approximate surface area is 202 Å². The first-order valence-corrected chi connectivity index (χ1v) is 11.3. The molecule has 8 heteroatoms. The third-order valence-corrected chi connectivity index (χ3v) is 5.34. The smallest absolute Gasteiger partial charge is 0.310 e. The number of halogens is 1. The normalized spacial score (nSPS) is 10.8. The molecule has 0 bridgehead atoms. The standard InChI is InChI=1S/C26H24ClN3O4/c1-2-33-26(32)16-17-7-12-23(20(27)15-17)34-19-10-8-18(9-11-19)28-25(31)14-13-24-29-21-5-3-4-6-22(21)30-24/h3-12,15H,2,13-14,16H2,1H3,(H,28,31)(H,29,30). The Kier molecular flexibility index (Phi) is 7.44. The first kappa shape index (κ1) is 23.3. The van der Waals surface area contributed by atoms with Crippen LogP contribution in [0.5, 0.6) is 11.5 Å². The molecule has 4 aromatic rings. The summed E-state index contributed by atoms with van der Waals surface area (Å²) in [6.45, 7) is 2.10. The summed E-state index contributed by atoms with van der Waals surface area (Å²) in [7, 11) is 0. The lowest BCUT2D eigenvalue weighted by Crippen LogP contribution is -2.12. The van der Waals surface area contributed by atoms with Gasteiger partial charge in [0.1, 0.15) is 17.3 Å². The molecule has 34 heavy (non-hydrogen) atoms. The number of hydrogen-bond acceptors (Lipinski definition) is 5. The van der Waals surface area contributed by atoms with Gasteiger partial charge in [0.2, 0.25) is 5.91 Å². The van der Waals surface area contributed by atoms with Crippen molar-refractivity contribution in [3.05, 3.63) is 83.1 Å². The van der Waals surface area contributed by atoms with Crippen LogP contribution in [0.15, 0.2) is 66.7 Å². The molecule has 7 nitrogen and oxygen atoms in total. The van der Waals surface area contributed by atoms with Crippen LogP contribution >= 0.6 is 11.6 Å². The summed E-state index contributed by atoms with van der Waals surface area (Å²) in [5.74, 6) is 1.42. The number of amides is 1. The summed E-state index contributed by atoms with van der Waals surface area (Å²) < 4.78 is 10.8. The predicted molar refractivity (Wildman–Crippen MR) is 131 cm³/mol. The number of carbonyl (C=O) groups excluding carboxylic acids is 2. The van der Waals surface area contributed by atoms with Crippen LogP contribution in [0, 0.1) is 0 Å². The zero-order chi connectivity index (χ0) is 23.9. The van der Waals surface area contributed by atoms with Crippen LogP contribution in [-0.2, 0) is 27.2 Å². The van der Waals surface area contributed by atoms with Crippen LogP contribution < -0.4 is 10.1 Å². The fourth-order valence-electron chi connectivity index (χ4n) is 3.43. The van der Waals surface area contributed by atoms with E-state index in [1.807, 2.05) is 24.3 Å². The number of hydrogen-bond donors (Lipinski definition) is 2. The van der Waals surface area contributed by atoms with E-state index in [2.05, 4.69) is 15.3 Å². The highest BCUT2D eigenvalue weighted by molar-refractivity contribution is 6.32. The Bertz CT molecular complexity index is 1270. The number of aromatic nitrogens is 2. The van der Waals surface area contributed by atoms with Gasteiger partial charge in [-0.05, 0) is 61.0 Å². The van der Waals surface area contributed by atoms with Gasteiger partial charge in [0, 0.05) is 18.5 Å². The lowest BCUT2D eigenvalue weighted by molar-refractivity contribution is -0.142. The molecule has 0 fully saturated rings. The Morgan fingerprint density at radius 2 is 1.85 bits per heavy atom. The minimum atomic E-state index is -0.303. The number of esters is 1. The Morgan fingerprint density at radius 3 is 2.59 bits per heavy atom. The SMILES string of the molecule is CCOC(=O)Cc1ccc(Oc2ccc(NC(=O)CCc3nc4ccccc4[nH]3)cc2)c(Cl)c1. The molecule has 0 atom stereocenters. The number of benzene rings is 3. The van der Waals surface area contributed by atoms with Gasteiger partial charge in [-0.25, -0.2) is 4.98 Å². The Hall–Kier alpha value is -3.84. The van der Waals surface area contributed by atoms with Crippen molar-refractivity contribution in [2.45, 2.75) is 26.2 Å². The van der Waals surface area contributed by atoms with Crippen molar-refractivity contribution in [2.75, 3.05) is 11.9 Å². The van der Waals surface area contributed by atoms with Gasteiger partial charge in [0.05, 0.1) is 29.1 Å². The van der Waals surface area contributed by atoms with Crippen molar-refractivity contribution in [2.24, 2.45) is 0 Å². The number of H-pyrrole nitrogens is 1. The quantitative estimate of drug-likeness (QED) is 0.302. The van der Waals surface area contributed by atoms with E-state index in [1.165, 1.54) is 0 Å². The van der Waals surface area contributed by atoms with E-state index in [0.717, 1.165) is 22.4 Å². The molecule has 1 aromatic heterocycles. The van der Waals surface area contributed by atoms with Crippen molar-refractivity contribution in [3.63, 3.8) is 0 Å². The van der Waals surface area contributed by atoms with Crippen LogP contribution in [0.2, 0.25) is 5.02 Å². The molecular formula is C26H24ClN3O4.